The average Bonchev–Trinajstić information content (AvgIpc) is 2.96. The van der Waals surface area contributed by atoms with Crippen molar-refractivity contribution in [1.82, 2.24) is 4.90 Å². The lowest BCUT2D eigenvalue weighted by molar-refractivity contribution is -0.129. The zero-order valence-corrected chi connectivity index (χ0v) is 15.0. The van der Waals surface area contributed by atoms with Crippen molar-refractivity contribution < 1.29 is 23.5 Å². The van der Waals surface area contributed by atoms with Crippen LogP contribution in [0.25, 0.3) is 0 Å². The molecule has 6 heteroatoms. The summed E-state index contributed by atoms with van der Waals surface area (Å²) >= 11 is 0. The summed E-state index contributed by atoms with van der Waals surface area (Å²) in [5, 5.41) is 0. The van der Waals surface area contributed by atoms with Crippen molar-refractivity contribution in [1.29, 1.82) is 0 Å². The Bertz CT molecular complexity index is 733. The highest BCUT2D eigenvalue weighted by atomic mass is 16.5. The molecule has 2 rings (SSSR count). The lowest BCUT2D eigenvalue weighted by Crippen LogP contribution is -2.27. The van der Waals surface area contributed by atoms with Crippen LogP contribution in [0, 0.1) is 6.92 Å². The summed E-state index contributed by atoms with van der Waals surface area (Å²) in [6.07, 6.45) is 0.284. The van der Waals surface area contributed by atoms with Crippen LogP contribution in [0.2, 0.25) is 0 Å². The number of furan rings is 1. The normalized spacial score (nSPS) is 10.4. The van der Waals surface area contributed by atoms with E-state index >= 15 is 0 Å². The van der Waals surface area contributed by atoms with E-state index in [-0.39, 0.29) is 18.9 Å². The van der Waals surface area contributed by atoms with Gasteiger partial charge in [-0.15, -0.1) is 0 Å². The number of esters is 1. The van der Waals surface area contributed by atoms with Gasteiger partial charge in [0, 0.05) is 7.05 Å². The topological polar surface area (TPSA) is 69.0 Å². The highest BCUT2D eigenvalue weighted by molar-refractivity contribution is 5.90. The van der Waals surface area contributed by atoms with E-state index in [0.29, 0.717) is 23.7 Å². The number of hydrogen-bond acceptors (Lipinski definition) is 5. The lowest BCUT2D eigenvalue weighted by atomic mass is 10.1. The van der Waals surface area contributed by atoms with Gasteiger partial charge in [0.1, 0.15) is 22.8 Å². The molecule has 134 valence electrons. The minimum Gasteiger partial charge on any atom is -0.494 e. The van der Waals surface area contributed by atoms with E-state index in [9.17, 15) is 9.59 Å². The van der Waals surface area contributed by atoms with Crippen LogP contribution in [0.1, 0.15) is 34.4 Å². The molecule has 0 spiro atoms. The number of amides is 1. The van der Waals surface area contributed by atoms with Gasteiger partial charge in [-0.3, -0.25) is 4.79 Å². The number of rotatable bonds is 7. The molecule has 1 heterocycles. The zero-order valence-electron chi connectivity index (χ0n) is 15.0. The van der Waals surface area contributed by atoms with Crippen molar-refractivity contribution in [2.45, 2.75) is 26.8 Å². The van der Waals surface area contributed by atoms with E-state index in [0.717, 1.165) is 11.3 Å². The summed E-state index contributed by atoms with van der Waals surface area (Å²) in [4.78, 5) is 25.5. The maximum absolute atomic E-state index is 12.4. The van der Waals surface area contributed by atoms with Gasteiger partial charge in [0.2, 0.25) is 5.91 Å². The molecule has 0 bridgehead atoms. The Morgan fingerprint density at radius 2 is 1.88 bits per heavy atom. The molecule has 1 aromatic carbocycles. The van der Waals surface area contributed by atoms with Gasteiger partial charge in [-0.1, -0.05) is 12.1 Å². The quantitative estimate of drug-likeness (QED) is 0.722. The van der Waals surface area contributed by atoms with Gasteiger partial charge in [-0.2, -0.15) is 0 Å². The molecule has 1 amide bonds. The van der Waals surface area contributed by atoms with Crippen LogP contribution in [0.3, 0.4) is 0 Å². The number of benzene rings is 1. The Labute approximate surface area is 147 Å². The smallest absolute Gasteiger partial charge is 0.341 e. The molecule has 0 aliphatic heterocycles. The summed E-state index contributed by atoms with van der Waals surface area (Å²) in [6.45, 7) is 4.51. The predicted molar refractivity (Wildman–Crippen MR) is 92.6 cm³/mol. The molecule has 1 aromatic heterocycles. The average molecular weight is 345 g/mol. The number of nitrogens with zero attached hydrogens (tertiary/aromatic N) is 1. The number of ether oxygens (including phenoxy) is 2. The fraction of sp³-hybridized carbons (Fsp3) is 0.368. The monoisotopic (exact) mass is 345 g/mol. The first-order valence-electron chi connectivity index (χ1n) is 8.08. The van der Waals surface area contributed by atoms with Crippen LogP contribution < -0.4 is 4.74 Å². The van der Waals surface area contributed by atoms with Gasteiger partial charge < -0.3 is 18.8 Å². The van der Waals surface area contributed by atoms with E-state index in [4.69, 9.17) is 13.9 Å². The highest BCUT2D eigenvalue weighted by Crippen LogP contribution is 2.18. The molecule has 0 aliphatic carbocycles. The third-order valence-electron chi connectivity index (χ3n) is 3.78. The fourth-order valence-electron chi connectivity index (χ4n) is 2.44. The second kappa shape index (κ2) is 8.37. The summed E-state index contributed by atoms with van der Waals surface area (Å²) < 4.78 is 15.6. The first-order valence-corrected chi connectivity index (χ1v) is 8.08. The van der Waals surface area contributed by atoms with Gasteiger partial charge in [-0.25, -0.2) is 4.79 Å². The molecule has 2 aromatic rings. The molecule has 0 fully saturated rings. The van der Waals surface area contributed by atoms with Crippen LogP contribution in [-0.2, 0) is 22.5 Å². The molecule has 0 radical (unpaired) electrons. The molecule has 0 saturated heterocycles. The van der Waals surface area contributed by atoms with Gasteiger partial charge in [0.25, 0.3) is 0 Å². The largest absolute Gasteiger partial charge is 0.494 e. The van der Waals surface area contributed by atoms with Crippen molar-refractivity contribution in [3.8, 4) is 5.75 Å². The first kappa shape index (κ1) is 18.6. The number of hydrogen-bond donors (Lipinski definition) is 0. The van der Waals surface area contributed by atoms with Crippen LogP contribution >= 0.6 is 0 Å². The minimum absolute atomic E-state index is 0.0437. The zero-order chi connectivity index (χ0) is 18.4. The summed E-state index contributed by atoms with van der Waals surface area (Å²) in [5.41, 5.74) is 1.29. The summed E-state index contributed by atoms with van der Waals surface area (Å²) in [5.74, 6) is 1.32. The van der Waals surface area contributed by atoms with Crippen LogP contribution in [0.15, 0.2) is 34.7 Å². The van der Waals surface area contributed by atoms with E-state index in [1.54, 1.807) is 24.9 Å². The van der Waals surface area contributed by atoms with Gasteiger partial charge in [0.05, 0.1) is 26.7 Å². The third kappa shape index (κ3) is 4.86. The number of aryl methyl sites for hydroxylation is 1. The summed E-state index contributed by atoms with van der Waals surface area (Å²) in [6, 6.07) is 9.07. The van der Waals surface area contributed by atoms with Crippen molar-refractivity contribution in [3.63, 3.8) is 0 Å². The Morgan fingerprint density at radius 1 is 1.20 bits per heavy atom. The van der Waals surface area contributed by atoms with Crippen LogP contribution in [0.5, 0.6) is 5.75 Å². The number of carbonyl (C=O) groups excluding carboxylic acids is 2. The van der Waals surface area contributed by atoms with Crippen molar-refractivity contribution in [3.05, 3.63) is 53.0 Å². The molecule has 0 N–H and O–H groups in total. The maximum Gasteiger partial charge on any atom is 0.341 e. The van der Waals surface area contributed by atoms with E-state index in [1.165, 1.54) is 7.11 Å². The fourth-order valence-corrected chi connectivity index (χ4v) is 2.44. The van der Waals surface area contributed by atoms with Gasteiger partial charge >= 0.3 is 5.97 Å². The van der Waals surface area contributed by atoms with E-state index in [1.807, 2.05) is 31.2 Å². The minimum atomic E-state index is -0.448. The Balaban J connectivity index is 1.97. The molecule has 0 aliphatic rings. The molecular formula is C19H23NO5. The van der Waals surface area contributed by atoms with Gasteiger partial charge in [0.15, 0.2) is 0 Å². The number of methoxy groups -OCH3 is 1. The van der Waals surface area contributed by atoms with Crippen LogP contribution in [-0.4, -0.2) is 37.5 Å². The second-order valence-corrected chi connectivity index (χ2v) is 5.68. The molecule has 25 heavy (non-hydrogen) atoms. The second-order valence-electron chi connectivity index (χ2n) is 5.68. The van der Waals surface area contributed by atoms with Crippen molar-refractivity contribution in [2.24, 2.45) is 0 Å². The molecule has 0 atom stereocenters. The lowest BCUT2D eigenvalue weighted by Gasteiger charge is -2.16. The Kier molecular flexibility index (Phi) is 6.22. The van der Waals surface area contributed by atoms with E-state index < -0.39 is 5.97 Å². The Hall–Kier alpha value is -2.76. The van der Waals surface area contributed by atoms with Crippen LogP contribution in [0.4, 0.5) is 0 Å². The number of carbonyl (C=O) groups is 2. The van der Waals surface area contributed by atoms with Crippen molar-refractivity contribution in [2.75, 3.05) is 20.8 Å². The van der Waals surface area contributed by atoms with Gasteiger partial charge in [-0.05, 0) is 37.6 Å². The maximum atomic E-state index is 12.4. The Morgan fingerprint density at radius 3 is 2.48 bits per heavy atom. The molecule has 0 unspecified atom stereocenters. The SMILES string of the molecule is CCOc1ccc(CC(=O)N(C)Cc2cc(C(=O)OC)c(C)o2)cc1. The first-order chi connectivity index (χ1) is 11.9. The van der Waals surface area contributed by atoms with Crippen molar-refractivity contribution >= 4 is 11.9 Å². The summed E-state index contributed by atoms with van der Waals surface area (Å²) in [7, 11) is 3.02. The molecule has 6 nitrogen and oxygen atoms in total. The van der Waals surface area contributed by atoms with E-state index in [2.05, 4.69) is 0 Å². The molecular weight excluding hydrogens is 322 g/mol. The number of likely N-dealkylation sites (N-methyl/N-ethyl adjacent to an activating group) is 1. The molecule has 0 saturated carbocycles. The predicted octanol–water partition coefficient (Wildman–Crippen LogP) is 2.97. The third-order valence-corrected chi connectivity index (χ3v) is 3.78. The standard InChI is InChI=1S/C19H23NO5/c1-5-24-15-8-6-14(7-9-15)10-18(21)20(3)12-16-11-17(13(2)25-16)19(22)23-4/h6-9,11H,5,10,12H2,1-4H3. The highest BCUT2D eigenvalue weighted by Gasteiger charge is 2.18.